The van der Waals surface area contributed by atoms with Gasteiger partial charge in [-0.1, -0.05) is 23.8 Å². The van der Waals surface area contributed by atoms with Crippen molar-refractivity contribution in [2.75, 3.05) is 24.9 Å². The van der Waals surface area contributed by atoms with Gasteiger partial charge in [0.25, 0.3) is 0 Å². The Bertz CT molecular complexity index is 770. The van der Waals surface area contributed by atoms with Gasteiger partial charge in [-0.15, -0.1) is 8.58 Å². The summed E-state index contributed by atoms with van der Waals surface area (Å²) < 4.78 is 1.49. The molecule has 2 N–H and O–H groups in total. The summed E-state index contributed by atoms with van der Waals surface area (Å²) in [7, 11) is 2.77. The number of benzene rings is 1. The Kier molecular flexibility index (Phi) is 4.56. The van der Waals surface area contributed by atoms with Gasteiger partial charge in [-0.3, -0.25) is 4.57 Å². The molecule has 2 aromatic rings. The highest BCUT2D eigenvalue weighted by atomic mass is 35.5. The summed E-state index contributed by atoms with van der Waals surface area (Å²) in [6.07, 6.45) is 6.39. The van der Waals surface area contributed by atoms with Crippen LogP contribution in [0.5, 0.6) is 11.8 Å². The molecule has 3 rings (SSSR count). The van der Waals surface area contributed by atoms with E-state index in [-0.39, 0.29) is 11.8 Å². The third-order valence-corrected chi connectivity index (χ3v) is 5.21. The Morgan fingerprint density at radius 2 is 2.09 bits per heavy atom. The molecule has 1 aromatic heterocycles. The van der Waals surface area contributed by atoms with Crippen molar-refractivity contribution in [3.05, 3.63) is 40.4 Å². The molecule has 23 heavy (non-hydrogen) atoms. The second kappa shape index (κ2) is 6.46. The molecule has 0 aliphatic heterocycles. The highest BCUT2D eigenvalue weighted by molar-refractivity contribution is 7.37. The fourth-order valence-corrected chi connectivity index (χ4v) is 3.87. The molecule has 1 aromatic carbocycles. The molecule has 0 amide bonds. The normalized spacial score (nSPS) is 13.7. The Balaban J connectivity index is 2.11. The first-order valence-corrected chi connectivity index (χ1v) is 9.60. The van der Waals surface area contributed by atoms with E-state index >= 15 is 0 Å². The maximum Gasteiger partial charge on any atom is 0.206 e. The number of hydrogen-bond donors (Lipinski definition) is 2. The van der Waals surface area contributed by atoms with Gasteiger partial charge >= 0.3 is 0 Å². The van der Waals surface area contributed by atoms with Crippen molar-refractivity contribution >= 4 is 31.9 Å². The molecule has 0 bridgehead atoms. The molecule has 0 fully saturated rings. The summed E-state index contributed by atoms with van der Waals surface area (Å²) >= 11 is 6.31. The fourth-order valence-electron chi connectivity index (χ4n) is 2.96. The number of hydrogen-bond acceptors (Lipinski definition) is 3. The van der Waals surface area contributed by atoms with E-state index in [9.17, 15) is 10.2 Å². The van der Waals surface area contributed by atoms with Crippen molar-refractivity contribution in [1.29, 1.82) is 0 Å². The second-order valence-corrected chi connectivity index (χ2v) is 7.09. The molecule has 1 aliphatic rings. The smallest absolute Gasteiger partial charge is 0.206 e. The molecule has 4 nitrogen and oxygen atoms in total. The van der Waals surface area contributed by atoms with E-state index in [1.807, 2.05) is 31.3 Å². The molecule has 6 heteroatoms. The monoisotopic (exact) mass is 350 g/mol. The molecule has 0 saturated carbocycles. The Morgan fingerprint density at radius 3 is 2.78 bits per heavy atom. The molecule has 1 aliphatic carbocycles. The van der Waals surface area contributed by atoms with Gasteiger partial charge in [0.15, 0.2) is 0 Å². The first-order chi connectivity index (χ1) is 11.0. The van der Waals surface area contributed by atoms with Crippen molar-refractivity contribution in [2.24, 2.45) is 0 Å². The van der Waals surface area contributed by atoms with Crippen LogP contribution in [0.1, 0.15) is 17.5 Å². The summed E-state index contributed by atoms with van der Waals surface area (Å²) in [6.45, 7) is 2.14. The quantitative estimate of drug-likeness (QED) is 0.812. The third kappa shape index (κ3) is 2.82. The average molecular weight is 351 g/mol. The van der Waals surface area contributed by atoms with E-state index in [2.05, 4.69) is 11.6 Å². The number of anilines is 1. The minimum absolute atomic E-state index is 0.0711. The lowest BCUT2D eigenvalue weighted by atomic mass is 10.0. The van der Waals surface area contributed by atoms with Crippen LogP contribution >= 0.6 is 20.2 Å². The van der Waals surface area contributed by atoms with E-state index in [1.165, 1.54) is 4.57 Å². The van der Waals surface area contributed by atoms with Crippen LogP contribution in [0.2, 0.25) is 5.02 Å². The molecular weight excluding hydrogens is 331 g/mol. The number of aromatic nitrogens is 1. The molecule has 1 heterocycles. The number of fused-ring (bicyclic) bond motifs is 1. The van der Waals surface area contributed by atoms with Crippen LogP contribution in [-0.2, 0) is 6.42 Å². The third-order valence-electron chi connectivity index (χ3n) is 4.10. The summed E-state index contributed by atoms with van der Waals surface area (Å²) in [5.74, 6) is 0.178. The van der Waals surface area contributed by atoms with Gasteiger partial charge in [0.1, 0.15) is 0 Å². The zero-order chi connectivity index (χ0) is 16.6. The summed E-state index contributed by atoms with van der Waals surface area (Å²) in [5.41, 5.74) is 3.09. The van der Waals surface area contributed by atoms with Crippen LogP contribution in [0.3, 0.4) is 0 Å². The van der Waals surface area contributed by atoms with Gasteiger partial charge in [0.05, 0.1) is 16.4 Å². The van der Waals surface area contributed by atoms with Crippen molar-refractivity contribution in [3.63, 3.8) is 0 Å². The lowest BCUT2D eigenvalue weighted by Gasteiger charge is -2.21. The van der Waals surface area contributed by atoms with E-state index in [4.69, 9.17) is 11.6 Å². The second-order valence-electron chi connectivity index (χ2n) is 5.66. The van der Waals surface area contributed by atoms with Crippen molar-refractivity contribution in [1.82, 2.24) is 4.57 Å². The summed E-state index contributed by atoms with van der Waals surface area (Å²) in [5, 5.41) is 21.7. The van der Waals surface area contributed by atoms with Crippen molar-refractivity contribution < 1.29 is 10.2 Å². The van der Waals surface area contributed by atoms with E-state index < -0.39 is 0 Å². The number of aromatic hydroxyl groups is 2. The minimum Gasteiger partial charge on any atom is -0.494 e. The standard InChI is InChI=1S/C17H20ClN2O2P/c1-19(10-23-2)15-9-11(7-8-14(15)18)20-16(21)12-5-3-4-6-13(12)17(20)22/h3,5,7-9,21-23H,4,6,10H2,1-2H3. The van der Waals surface area contributed by atoms with E-state index in [0.717, 1.165) is 39.0 Å². The first-order valence-electron chi connectivity index (χ1n) is 7.52. The molecule has 0 saturated heterocycles. The van der Waals surface area contributed by atoms with Crippen LogP contribution in [0.15, 0.2) is 24.3 Å². The number of allylic oxidation sites excluding steroid dienone is 1. The Morgan fingerprint density at radius 1 is 1.30 bits per heavy atom. The van der Waals surface area contributed by atoms with E-state index in [0.29, 0.717) is 16.3 Å². The van der Waals surface area contributed by atoms with Gasteiger partial charge in [-0.2, -0.15) is 0 Å². The van der Waals surface area contributed by atoms with E-state index in [1.54, 1.807) is 6.07 Å². The lowest BCUT2D eigenvalue weighted by Crippen LogP contribution is -2.15. The van der Waals surface area contributed by atoms with Crippen LogP contribution < -0.4 is 4.90 Å². The molecule has 0 spiro atoms. The molecule has 0 radical (unpaired) electrons. The molecular formula is C17H20ClN2O2P. The summed E-state index contributed by atoms with van der Waals surface area (Å²) in [4.78, 5) is 2.09. The zero-order valence-electron chi connectivity index (χ0n) is 13.2. The predicted molar refractivity (Wildman–Crippen MR) is 99.0 cm³/mol. The van der Waals surface area contributed by atoms with Crippen LogP contribution in [0.25, 0.3) is 11.8 Å². The minimum atomic E-state index is 0.0711. The molecule has 1 atom stereocenters. The maximum atomic E-state index is 10.5. The first kappa shape index (κ1) is 16.2. The number of halogens is 1. The summed E-state index contributed by atoms with van der Waals surface area (Å²) in [6, 6.07) is 5.51. The molecule has 122 valence electrons. The van der Waals surface area contributed by atoms with Gasteiger partial charge in [0.2, 0.25) is 11.8 Å². The Labute approximate surface area is 142 Å². The maximum absolute atomic E-state index is 10.5. The molecule has 1 unspecified atom stereocenters. The van der Waals surface area contributed by atoms with Gasteiger partial charge in [-0.05, 0) is 37.7 Å². The van der Waals surface area contributed by atoms with Gasteiger partial charge < -0.3 is 15.1 Å². The van der Waals surface area contributed by atoms with Crippen molar-refractivity contribution in [2.45, 2.75) is 12.8 Å². The number of rotatable bonds is 4. The Hall–Kier alpha value is -1.64. The number of nitrogens with zero attached hydrogens (tertiary/aromatic N) is 2. The average Bonchev–Trinajstić information content (AvgIpc) is 2.80. The SMILES string of the molecule is CPCN(C)c1cc(-n2c(O)c3c(c2O)CCC=C3)ccc1Cl. The van der Waals surface area contributed by atoms with Crippen LogP contribution in [0, 0.1) is 0 Å². The largest absolute Gasteiger partial charge is 0.494 e. The van der Waals surface area contributed by atoms with Gasteiger partial charge in [0, 0.05) is 24.5 Å². The highest BCUT2D eigenvalue weighted by Crippen LogP contribution is 2.41. The zero-order valence-corrected chi connectivity index (χ0v) is 14.9. The van der Waals surface area contributed by atoms with Crippen LogP contribution in [-0.4, -0.2) is 34.8 Å². The fraction of sp³-hybridized carbons (Fsp3) is 0.294. The predicted octanol–water partition coefficient (Wildman–Crippen LogP) is 4.20. The highest BCUT2D eigenvalue weighted by Gasteiger charge is 2.23. The van der Waals surface area contributed by atoms with Gasteiger partial charge in [-0.25, -0.2) is 0 Å². The lowest BCUT2D eigenvalue weighted by molar-refractivity contribution is 0.400. The van der Waals surface area contributed by atoms with Crippen LogP contribution in [0.4, 0.5) is 5.69 Å². The van der Waals surface area contributed by atoms with Crippen molar-refractivity contribution in [3.8, 4) is 17.4 Å². The topological polar surface area (TPSA) is 48.6 Å².